The van der Waals surface area contributed by atoms with Crippen molar-refractivity contribution in [1.82, 2.24) is 4.57 Å². The highest BCUT2D eigenvalue weighted by atomic mass is 15.1. The SMILES string of the molecule is c1ccc(-c2ccc(N(c3ccc4c5ccccc5n(-c5ccc6ccccc6c5)c4c3)c3ccccc3-c3ccccc3)cc2)cc1. The fraction of sp³-hybridized carbons (Fsp3) is 0. The summed E-state index contributed by atoms with van der Waals surface area (Å²) in [5.74, 6) is 0. The molecule has 9 aromatic rings. The maximum atomic E-state index is 2.42. The van der Waals surface area contributed by atoms with Crippen LogP contribution in [0.2, 0.25) is 0 Å². The minimum Gasteiger partial charge on any atom is -0.310 e. The van der Waals surface area contributed by atoms with Crippen LogP contribution >= 0.6 is 0 Å². The fourth-order valence-corrected chi connectivity index (χ4v) is 7.08. The molecule has 0 saturated carbocycles. The number of benzene rings is 8. The van der Waals surface area contributed by atoms with E-state index in [0.29, 0.717) is 0 Å². The van der Waals surface area contributed by atoms with Crippen molar-refractivity contribution in [2.75, 3.05) is 4.90 Å². The Morgan fingerprint density at radius 3 is 1.77 bits per heavy atom. The van der Waals surface area contributed by atoms with Gasteiger partial charge in [-0.1, -0.05) is 146 Å². The summed E-state index contributed by atoms with van der Waals surface area (Å²) >= 11 is 0. The van der Waals surface area contributed by atoms with Gasteiger partial charge in [0.2, 0.25) is 0 Å². The average Bonchev–Trinajstić information content (AvgIpc) is 3.50. The summed E-state index contributed by atoms with van der Waals surface area (Å²) in [6.07, 6.45) is 0. The lowest BCUT2D eigenvalue weighted by atomic mass is 10.0. The molecular formula is C46H32N2. The first kappa shape index (κ1) is 27.9. The summed E-state index contributed by atoms with van der Waals surface area (Å²) in [6, 6.07) is 69.9. The number of aromatic nitrogens is 1. The summed E-state index contributed by atoms with van der Waals surface area (Å²) < 4.78 is 2.42. The Hall–Kier alpha value is -6.38. The molecule has 0 amide bonds. The van der Waals surface area contributed by atoms with Crippen LogP contribution < -0.4 is 4.90 Å². The van der Waals surface area contributed by atoms with Crippen molar-refractivity contribution in [3.8, 4) is 27.9 Å². The van der Waals surface area contributed by atoms with E-state index in [2.05, 4.69) is 204 Å². The largest absolute Gasteiger partial charge is 0.310 e. The van der Waals surface area contributed by atoms with Crippen molar-refractivity contribution in [3.05, 3.63) is 194 Å². The number of rotatable bonds is 6. The topological polar surface area (TPSA) is 8.17 Å². The third kappa shape index (κ3) is 4.83. The molecule has 0 radical (unpaired) electrons. The average molecular weight is 613 g/mol. The molecule has 0 aliphatic rings. The quantitative estimate of drug-likeness (QED) is 0.181. The monoisotopic (exact) mass is 612 g/mol. The second kappa shape index (κ2) is 11.8. The van der Waals surface area contributed by atoms with E-state index in [-0.39, 0.29) is 0 Å². The van der Waals surface area contributed by atoms with Crippen LogP contribution in [0.25, 0.3) is 60.5 Å². The standard InChI is InChI=1S/C46H32N2/c1-3-13-33(14-4-1)35-23-26-38(27-24-35)47(44-21-11-9-19-41(44)36-16-5-2-6-17-36)40-29-30-43-42-20-10-12-22-45(42)48(46(43)32-40)39-28-25-34-15-7-8-18-37(34)31-39/h1-32H. The molecule has 2 nitrogen and oxygen atoms in total. The van der Waals surface area contributed by atoms with Gasteiger partial charge in [0.25, 0.3) is 0 Å². The minimum absolute atomic E-state index is 1.10. The number of nitrogens with zero attached hydrogens (tertiary/aromatic N) is 2. The van der Waals surface area contributed by atoms with E-state index >= 15 is 0 Å². The van der Waals surface area contributed by atoms with Gasteiger partial charge in [0.1, 0.15) is 0 Å². The fourth-order valence-electron chi connectivity index (χ4n) is 7.08. The predicted molar refractivity (Wildman–Crippen MR) is 204 cm³/mol. The van der Waals surface area contributed by atoms with Gasteiger partial charge in [-0.05, 0) is 76.0 Å². The number of para-hydroxylation sites is 2. The second-order valence-electron chi connectivity index (χ2n) is 12.2. The Balaban J connectivity index is 1.28. The van der Waals surface area contributed by atoms with E-state index in [1.807, 2.05) is 0 Å². The number of hydrogen-bond acceptors (Lipinski definition) is 1. The van der Waals surface area contributed by atoms with Crippen molar-refractivity contribution in [2.24, 2.45) is 0 Å². The van der Waals surface area contributed by atoms with E-state index in [0.717, 1.165) is 22.7 Å². The van der Waals surface area contributed by atoms with Gasteiger partial charge in [0.15, 0.2) is 0 Å². The van der Waals surface area contributed by atoms with Gasteiger partial charge < -0.3 is 9.47 Å². The van der Waals surface area contributed by atoms with Crippen molar-refractivity contribution < 1.29 is 0 Å². The molecule has 1 aromatic heterocycles. The number of hydrogen-bond donors (Lipinski definition) is 0. The van der Waals surface area contributed by atoms with Crippen LogP contribution in [0.4, 0.5) is 17.1 Å². The molecule has 0 atom stereocenters. The molecular weight excluding hydrogens is 581 g/mol. The van der Waals surface area contributed by atoms with E-state index < -0.39 is 0 Å². The molecule has 0 aliphatic heterocycles. The predicted octanol–water partition coefficient (Wildman–Crippen LogP) is 12.7. The maximum Gasteiger partial charge on any atom is 0.0561 e. The summed E-state index contributed by atoms with van der Waals surface area (Å²) in [7, 11) is 0. The van der Waals surface area contributed by atoms with Gasteiger partial charge in [-0.3, -0.25) is 0 Å². The lowest BCUT2D eigenvalue weighted by Gasteiger charge is -2.28. The van der Waals surface area contributed by atoms with Crippen molar-refractivity contribution >= 4 is 49.6 Å². The Bertz CT molecular complexity index is 2550. The molecule has 0 spiro atoms. The summed E-state index contributed by atoms with van der Waals surface area (Å²) in [6.45, 7) is 0. The van der Waals surface area contributed by atoms with Crippen molar-refractivity contribution in [1.29, 1.82) is 0 Å². The Morgan fingerprint density at radius 2 is 0.958 bits per heavy atom. The lowest BCUT2D eigenvalue weighted by Crippen LogP contribution is -2.11. The van der Waals surface area contributed by atoms with Crippen LogP contribution in [0.1, 0.15) is 0 Å². The third-order valence-corrected chi connectivity index (χ3v) is 9.37. The zero-order valence-electron chi connectivity index (χ0n) is 26.4. The van der Waals surface area contributed by atoms with Gasteiger partial charge in [-0.25, -0.2) is 0 Å². The number of fused-ring (bicyclic) bond motifs is 4. The van der Waals surface area contributed by atoms with E-state index in [4.69, 9.17) is 0 Å². The molecule has 8 aromatic carbocycles. The van der Waals surface area contributed by atoms with Crippen molar-refractivity contribution in [3.63, 3.8) is 0 Å². The van der Waals surface area contributed by atoms with Crippen LogP contribution in [0.15, 0.2) is 194 Å². The van der Waals surface area contributed by atoms with Crippen LogP contribution in [0.5, 0.6) is 0 Å². The van der Waals surface area contributed by atoms with Gasteiger partial charge >= 0.3 is 0 Å². The lowest BCUT2D eigenvalue weighted by molar-refractivity contribution is 1.18. The smallest absolute Gasteiger partial charge is 0.0561 e. The molecule has 0 aliphatic carbocycles. The Morgan fingerprint density at radius 1 is 0.354 bits per heavy atom. The van der Waals surface area contributed by atoms with E-state index in [1.165, 1.54) is 54.8 Å². The van der Waals surface area contributed by atoms with Crippen LogP contribution in [0.3, 0.4) is 0 Å². The minimum atomic E-state index is 1.10. The molecule has 0 saturated heterocycles. The summed E-state index contributed by atoms with van der Waals surface area (Å²) in [5, 5.41) is 4.95. The first-order chi connectivity index (χ1) is 23.8. The first-order valence-corrected chi connectivity index (χ1v) is 16.4. The number of anilines is 3. The molecule has 0 fully saturated rings. The van der Waals surface area contributed by atoms with Crippen molar-refractivity contribution in [2.45, 2.75) is 0 Å². The van der Waals surface area contributed by atoms with Crippen LogP contribution in [-0.4, -0.2) is 4.57 Å². The van der Waals surface area contributed by atoms with E-state index in [1.54, 1.807) is 0 Å². The zero-order valence-corrected chi connectivity index (χ0v) is 26.4. The third-order valence-electron chi connectivity index (χ3n) is 9.37. The normalized spacial score (nSPS) is 11.3. The van der Waals surface area contributed by atoms with Gasteiger partial charge in [-0.15, -0.1) is 0 Å². The highest BCUT2D eigenvalue weighted by molar-refractivity contribution is 6.10. The Labute approximate surface area is 280 Å². The molecule has 48 heavy (non-hydrogen) atoms. The molecule has 9 rings (SSSR count). The van der Waals surface area contributed by atoms with Crippen LogP contribution in [-0.2, 0) is 0 Å². The Kier molecular flexibility index (Phi) is 6.84. The van der Waals surface area contributed by atoms with Gasteiger partial charge in [-0.2, -0.15) is 0 Å². The molecule has 2 heteroatoms. The molecule has 1 heterocycles. The first-order valence-electron chi connectivity index (χ1n) is 16.4. The zero-order chi connectivity index (χ0) is 31.9. The molecule has 0 N–H and O–H groups in total. The van der Waals surface area contributed by atoms with Gasteiger partial charge in [0.05, 0.1) is 16.7 Å². The maximum absolute atomic E-state index is 2.42. The second-order valence-corrected chi connectivity index (χ2v) is 12.2. The highest BCUT2D eigenvalue weighted by Gasteiger charge is 2.20. The summed E-state index contributed by atoms with van der Waals surface area (Å²) in [4.78, 5) is 2.40. The molecule has 0 bridgehead atoms. The molecule has 226 valence electrons. The van der Waals surface area contributed by atoms with Gasteiger partial charge in [0, 0.05) is 33.4 Å². The molecule has 0 unspecified atom stereocenters. The summed E-state index contributed by atoms with van der Waals surface area (Å²) in [5.41, 5.74) is 11.6. The highest BCUT2D eigenvalue weighted by Crippen LogP contribution is 2.43. The van der Waals surface area contributed by atoms with E-state index in [9.17, 15) is 0 Å². The van der Waals surface area contributed by atoms with Crippen LogP contribution in [0, 0.1) is 0 Å².